The number of carbonyl (C=O) groups is 1. The first-order valence-electron chi connectivity index (χ1n) is 14.9. The molecule has 44 heavy (non-hydrogen) atoms. The normalized spacial score (nSPS) is 17.3. The number of benzene rings is 3. The summed E-state index contributed by atoms with van der Waals surface area (Å²) in [6, 6.07) is 24.7. The lowest BCUT2D eigenvalue weighted by atomic mass is 9.96. The molecule has 5 rings (SSSR count). The van der Waals surface area contributed by atoms with E-state index in [4.69, 9.17) is 15.2 Å². The molecule has 2 atom stereocenters. The second-order valence-electron chi connectivity index (χ2n) is 10.7. The van der Waals surface area contributed by atoms with Crippen LogP contribution in [0, 0.1) is 0 Å². The van der Waals surface area contributed by atoms with Crippen LogP contribution in [-0.2, 0) is 14.3 Å². The van der Waals surface area contributed by atoms with Gasteiger partial charge in [0.1, 0.15) is 12.3 Å². The van der Waals surface area contributed by atoms with E-state index < -0.39 is 18.2 Å². The van der Waals surface area contributed by atoms with Crippen molar-refractivity contribution >= 4 is 28.6 Å². The summed E-state index contributed by atoms with van der Waals surface area (Å²) in [5.74, 6) is -1.23. The van der Waals surface area contributed by atoms with Gasteiger partial charge in [0, 0.05) is 48.8 Å². The van der Waals surface area contributed by atoms with E-state index in [-0.39, 0.29) is 5.57 Å². The molecule has 2 saturated heterocycles. The third kappa shape index (κ3) is 8.15. The summed E-state index contributed by atoms with van der Waals surface area (Å²) in [5.41, 5.74) is 12.1. The van der Waals surface area contributed by atoms with E-state index in [0.29, 0.717) is 5.69 Å². The molecule has 3 aromatic carbocycles. The number of carboxylic acid groups (broad SMARTS) is 1. The number of anilines is 3. The SMILES string of the molecule is NC(C(=O)O)/C(=C/C=C/C=C(c1ccc(N2CCOCC2)cc1)c1ccc(N2CCOCC2)cc1)C(O)Nc1ccccc1. The van der Waals surface area contributed by atoms with Crippen molar-refractivity contribution in [3.63, 3.8) is 0 Å². The Morgan fingerprint density at radius 2 is 1.23 bits per heavy atom. The van der Waals surface area contributed by atoms with E-state index >= 15 is 0 Å². The van der Waals surface area contributed by atoms with Gasteiger partial charge in [-0.05, 0) is 53.1 Å². The van der Waals surface area contributed by atoms with Crippen LogP contribution < -0.4 is 20.9 Å². The van der Waals surface area contributed by atoms with Crippen molar-refractivity contribution in [3.05, 3.63) is 120 Å². The smallest absolute Gasteiger partial charge is 0.324 e. The molecule has 0 aromatic heterocycles. The Bertz CT molecular complexity index is 1380. The molecular formula is C35H40N4O5. The van der Waals surface area contributed by atoms with E-state index in [1.165, 1.54) is 0 Å². The molecule has 0 saturated carbocycles. The number of aliphatic carboxylic acids is 1. The molecule has 2 aliphatic heterocycles. The third-order valence-corrected chi connectivity index (χ3v) is 7.79. The number of ether oxygens (including phenoxy) is 2. The van der Waals surface area contributed by atoms with Crippen LogP contribution in [0.1, 0.15) is 11.1 Å². The lowest BCUT2D eigenvalue weighted by Crippen LogP contribution is -2.39. The van der Waals surface area contributed by atoms with Gasteiger partial charge in [0.2, 0.25) is 0 Å². The molecular weight excluding hydrogens is 556 g/mol. The highest BCUT2D eigenvalue weighted by Gasteiger charge is 2.23. The predicted octanol–water partition coefficient (Wildman–Crippen LogP) is 4.12. The van der Waals surface area contributed by atoms with Gasteiger partial charge < -0.3 is 40.5 Å². The second-order valence-corrected chi connectivity index (χ2v) is 10.7. The summed E-state index contributed by atoms with van der Waals surface area (Å²) in [7, 11) is 0. The fourth-order valence-corrected chi connectivity index (χ4v) is 5.31. The number of nitrogens with zero attached hydrogens (tertiary/aromatic N) is 2. The van der Waals surface area contributed by atoms with E-state index in [2.05, 4.69) is 63.6 Å². The molecule has 0 amide bonds. The number of hydrogen-bond acceptors (Lipinski definition) is 8. The van der Waals surface area contributed by atoms with Crippen LogP contribution in [0.25, 0.3) is 5.57 Å². The molecule has 3 aromatic rings. The van der Waals surface area contributed by atoms with Crippen molar-refractivity contribution in [1.82, 2.24) is 0 Å². The average Bonchev–Trinajstić information content (AvgIpc) is 3.07. The van der Waals surface area contributed by atoms with Crippen LogP contribution in [-0.4, -0.2) is 81.1 Å². The Morgan fingerprint density at radius 1 is 0.750 bits per heavy atom. The Hall–Kier alpha value is -4.41. The highest BCUT2D eigenvalue weighted by atomic mass is 16.5. The van der Waals surface area contributed by atoms with Crippen LogP contribution in [0.5, 0.6) is 0 Å². The monoisotopic (exact) mass is 596 g/mol. The topological polar surface area (TPSA) is 121 Å². The first-order chi connectivity index (χ1) is 21.5. The molecule has 2 aliphatic rings. The lowest BCUT2D eigenvalue weighted by molar-refractivity contribution is -0.137. The lowest BCUT2D eigenvalue weighted by Gasteiger charge is -2.29. The highest BCUT2D eigenvalue weighted by Crippen LogP contribution is 2.28. The number of aliphatic hydroxyl groups excluding tert-OH is 1. The van der Waals surface area contributed by atoms with Crippen molar-refractivity contribution in [1.29, 1.82) is 0 Å². The van der Waals surface area contributed by atoms with E-state index in [0.717, 1.165) is 80.7 Å². The maximum absolute atomic E-state index is 11.7. The van der Waals surface area contributed by atoms with E-state index in [9.17, 15) is 15.0 Å². The number of aliphatic hydroxyl groups is 1. The Kier molecular flexibility index (Phi) is 10.8. The molecule has 2 unspecified atom stereocenters. The number of nitrogens with two attached hydrogens (primary N) is 1. The first-order valence-corrected chi connectivity index (χ1v) is 14.9. The maximum atomic E-state index is 11.7. The molecule has 9 nitrogen and oxygen atoms in total. The number of morpholine rings is 2. The Labute approximate surface area is 258 Å². The predicted molar refractivity (Wildman–Crippen MR) is 175 cm³/mol. The summed E-state index contributed by atoms with van der Waals surface area (Å²) in [5, 5.41) is 23.3. The minimum Gasteiger partial charge on any atom is -0.480 e. The van der Waals surface area contributed by atoms with Crippen molar-refractivity contribution in [2.24, 2.45) is 5.73 Å². The van der Waals surface area contributed by atoms with Gasteiger partial charge in [-0.1, -0.05) is 66.8 Å². The quantitative estimate of drug-likeness (QED) is 0.191. The van der Waals surface area contributed by atoms with Crippen molar-refractivity contribution in [3.8, 4) is 0 Å². The molecule has 0 spiro atoms. The number of allylic oxidation sites excluding steroid dienone is 4. The van der Waals surface area contributed by atoms with Crippen LogP contribution in [0.2, 0.25) is 0 Å². The Balaban J connectivity index is 1.42. The minimum atomic E-state index is -1.38. The second kappa shape index (κ2) is 15.4. The number of nitrogens with one attached hydrogen (secondary N) is 1. The summed E-state index contributed by atoms with van der Waals surface area (Å²) in [6.45, 7) is 6.37. The molecule has 9 heteroatoms. The van der Waals surface area contributed by atoms with Gasteiger partial charge >= 0.3 is 5.97 Å². The summed E-state index contributed by atoms with van der Waals surface area (Å²) in [4.78, 5) is 16.4. The highest BCUT2D eigenvalue weighted by molar-refractivity contribution is 5.82. The van der Waals surface area contributed by atoms with Gasteiger partial charge in [-0.25, -0.2) is 0 Å². The number of carboxylic acids is 1. The van der Waals surface area contributed by atoms with Crippen molar-refractivity contribution in [2.45, 2.75) is 12.3 Å². The molecule has 0 radical (unpaired) electrons. The van der Waals surface area contributed by atoms with Crippen molar-refractivity contribution < 1.29 is 24.5 Å². The average molecular weight is 597 g/mol. The standard InChI is InChI=1S/C35H40N4O5/c36-33(35(41)42)32(34(40)37-28-6-2-1-3-7-28)9-5-4-8-31(26-10-14-29(15-11-26)38-18-22-43-23-19-38)27-12-16-30(17-13-27)39-20-24-44-25-21-39/h1-17,33-34,37,40H,18-25,36H2,(H,41,42)/b5-4+,32-9-. The Morgan fingerprint density at radius 3 is 1.70 bits per heavy atom. The number of para-hydroxylation sites is 1. The fourth-order valence-electron chi connectivity index (χ4n) is 5.31. The molecule has 5 N–H and O–H groups in total. The zero-order valence-corrected chi connectivity index (χ0v) is 24.7. The van der Waals surface area contributed by atoms with Gasteiger partial charge in [0.25, 0.3) is 0 Å². The zero-order valence-electron chi connectivity index (χ0n) is 24.7. The van der Waals surface area contributed by atoms with Crippen LogP contribution in [0.4, 0.5) is 17.1 Å². The van der Waals surface area contributed by atoms with Gasteiger partial charge in [0.15, 0.2) is 0 Å². The molecule has 0 aliphatic carbocycles. The molecule has 0 bridgehead atoms. The zero-order chi connectivity index (χ0) is 30.7. The molecule has 2 fully saturated rings. The van der Waals surface area contributed by atoms with E-state index in [1.807, 2.05) is 30.4 Å². The molecule has 2 heterocycles. The molecule has 230 valence electrons. The maximum Gasteiger partial charge on any atom is 0.324 e. The number of hydrogen-bond donors (Lipinski definition) is 4. The summed E-state index contributed by atoms with van der Waals surface area (Å²) >= 11 is 0. The summed E-state index contributed by atoms with van der Waals surface area (Å²) in [6.07, 6.45) is 5.81. The number of rotatable bonds is 11. The first kappa shape index (κ1) is 31.0. The van der Waals surface area contributed by atoms with Crippen LogP contribution in [0.3, 0.4) is 0 Å². The van der Waals surface area contributed by atoms with Crippen LogP contribution in [0.15, 0.2) is 109 Å². The van der Waals surface area contributed by atoms with Gasteiger partial charge in [-0.2, -0.15) is 0 Å². The van der Waals surface area contributed by atoms with Gasteiger partial charge in [0.05, 0.1) is 26.4 Å². The fraction of sp³-hybridized carbons (Fsp3) is 0.286. The largest absolute Gasteiger partial charge is 0.480 e. The third-order valence-electron chi connectivity index (χ3n) is 7.79. The van der Waals surface area contributed by atoms with Gasteiger partial charge in [-0.3, -0.25) is 4.79 Å². The van der Waals surface area contributed by atoms with E-state index in [1.54, 1.807) is 24.3 Å². The van der Waals surface area contributed by atoms with Crippen molar-refractivity contribution in [2.75, 3.05) is 67.7 Å². The summed E-state index contributed by atoms with van der Waals surface area (Å²) < 4.78 is 11.0. The van der Waals surface area contributed by atoms with Gasteiger partial charge in [-0.15, -0.1) is 0 Å². The van der Waals surface area contributed by atoms with Crippen LogP contribution >= 0.6 is 0 Å². The minimum absolute atomic E-state index is 0.136.